The number of hydrogen-bond donors (Lipinski definition) is 2. The van der Waals surface area contributed by atoms with Gasteiger partial charge in [-0.25, -0.2) is 0 Å². The highest BCUT2D eigenvalue weighted by Gasteiger charge is 2.18. The van der Waals surface area contributed by atoms with Crippen LogP contribution in [-0.2, 0) is 0 Å². The molecule has 7 nitrogen and oxygen atoms in total. The molecule has 0 unspecified atom stereocenters. The molecule has 0 aliphatic heterocycles. The monoisotopic (exact) mass is 422 g/mol. The third-order valence-electron chi connectivity index (χ3n) is 4.67. The first kappa shape index (κ1) is 20.6. The SMILES string of the molecule is O=C(c1cccnc1C=C(O)c1ccncc1)c1cccnc1C=C(O)c1ccncc1. The number of aromatic nitrogens is 4. The summed E-state index contributed by atoms with van der Waals surface area (Å²) in [4.78, 5) is 29.8. The van der Waals surface area contributed by atoms with Gasteiger partial charge in [0.15, 0.2) is 5.78 Å². The van der Waals surface area contributed by atoms with Gasteiger partial charge in [0, 0.05) is 71.6 Å². The first-order valence-electron chi connectivity index (χ1n) is 9.70. The number of rotatable bonds is 6. The summed E-state index contributed by atoms with van der Waals surface area (Å²) in [6, 6.07) is 13.2. The predicted molar refractivity (Wildman–Crippen MR) is 121 cm³/mol. The van der Waals surface area contributed by atoms with E-state index in [0.717, 1.165) is 0 Å². The zero-order chi connectivity index (χ0) is 22.3. The van der Waals surface area contributed by atoms with E-state index in [-0.39, 0.29) is 17.3 Å². The van der Waals surface area contributed by atoms with Crippen molar-refractivity contribution in [1.29, 1.82) is 0 Å². The van der Waals surface area contributed by atoms with E-state index in [4.69, 9.17) is 0 Å². The number of hydrogen-bond acceptors (Lipinski definition) is 7. The average Bonchev–Trinajstić information content (AvgIpc) is 2.85. The summed E-state index contributed by atoms with van der Waals surface area (Å²) in [5.74, 6) is -0.419. The van der Waals surface area contributed by atoms with Crippen LogP contribution in [0, 0.1) is 0 Å². The van der Waals surface area contributed by atoms with Crippen LogP contribution in [-0.4, -0.2) is 35.9 Å². The van der Waals surface area contributed by atoms with Gasteiger partial charge in [0.1, 0.15) is 11.5 Å². The van der Waals surface area contributed by atoms with Crippen LogP contribution in [0.3, 0.4) is 0 Å². The fraction of sp³-hybridized carbons (Fsp3) is 0. The van der Waals surface area contributed by atoms with Gasteiger partial charge < -0.3 is 10.2 Å². The molecule has 0 bridgehead atoms. The molecule has 0 aliphatic rings. The zero-order valence-corrected chi connectivity index (χ0v) is 16.8. The molecule has 0 aromatic carbocycles. The standard InChI is InChI=1S/C25H18N4O3/c30-23(17-5-11-26-12-6-17)15-21-19(3-1-9-28-21)25(32)20-4-2-10-29-22(20)16-24(31)18-7-13-27-14-8-18/h1-16,30-31H. The number of pyridine rings is 4. The van der Waals surface area contributed by atoms with E-state index in [0.29, 0.717) is 33.6 Å². The Labute approximate surface area is 184 Å². The lowest BCUT2D eigenvalue weighted by atomic mass is 9.99. The van der Waals surface area contributed by atoms with Crippen molar-refractivity contribution in [3.63, 3.8) is 0 Å². The van der Waals surface area contributed by atoms with Crippen LogP contribution < -0.4 is 0 Å². The smallest absolute Gasteiger partial charge is 0.197 e. The van der Waals surface area contributed by atoms with Crippen molar-refractivity contribution in [2.24, 2.45) is 0 Å². The molecular formula is C25H18N4O3. The third-order valence-corrected chi connectivity index (χ3v) is 4.67. The van der Waals surface area contributed by atoms with E-state index in [1.807, 2.05) is 0 Å². The maximum Gasteiger partial charge on any atom is 0.197 e. The number of nitrogens with zero attached hydrogens (tertiary/aromatic N) is 4. The minimum absolute atomic E-state index is 0.0400. The predicted octanol–water partition coefficient (Wildman–Crippen LogP) is 4.61. The Morgan fingerprint density at radius 3 is 1.44 bits per heavy atom. The molecule has 0 saturated heterocycles. The zero-order valence-electron chi connectivity index (χ0n) is 16.8. The van der Waals surface area contributed by atoms with Crippen molar-refractivity contribution in [2.45, 2.75) is 0 Å². The van der Waals surface area contributed by atoms with Crippen molar-refractivity contribution in [2.75, 3.05) is 0 Å². The van der Waals surface area contributed by atoms with Crippen LogP contribution in [0.5, 0.6) is 0 Å². The fourth-order valence-corrected chi connectivity index (χ4v) is 3.07. The van der Waals surface area contributed by atoms with Gasteiger partial charge in [0.05, 0.1) is 11.4 Å². The molecule has 7 heteroatoms. The van der Waals surface area contributed by atoms with Gasteiger partial charge in [-0.1, -0.05) is 0 Å². The van der Waals surface area contributed by atoms with Crippen LogP contribution in [0.25, 0.3) is 23.7 Å². The Morgan fingerprint density at radius 1 is 0.625 bits per heavy atom. The van der Waals surface area contributed by atoms with Gasteiger partial charge in [-0.05, 0) is 48.5 Å². The van der Waals surface area contributed by atoms with Crippen LogP contribution in [0.15, 0.2) is 85.7 Å². The maximum absolute atomic E-state index is 13.4. The number of aliphatic hydroxyl groups is 2. The number of ketones is 1. The normalized spacial score (nSPS) is 11.9. The maximum atomic E-state index is 13.4. The topological polar surface area (TPSA) is 109 Å². The molecule has 4 heterocycles. The Morgan fingerprint density at radius 2 is 1.03 bits per heavy atom. The summed E-state index contributed by atoms with van der Waals surface area (Å²) in [5.41, 5.74) is 2.30. The van der Waals surface area contributed by atoms with E-state index < -0.39 is 0 Å². The quantitative estimate of drug-likeness (QED) is 0.345. The molecule has 4 aromatic heterocycles. The molecule has 4 rings (SSSR count). The third kappa shape index (κ3) is 4.57. The lowest BCUT2D eigenvalue weighted by Crippen LogP contribution is -2.08. The molecule has 0 atom stereocenters. The van der Waals surface area contributed by atoms with E-state index in [1.165, 1.54) is 12.2 Å². The molecule has 0 saturated carbocycles. The molecule has 156 valence electrons. The Bertz CT molecular complexity index is 1200. The Kier molecular flexibility index (Phi) is 6.08. The van der Waals surface area contributed by atoms with Gasteiger partial charge in [-0.2, -0.15) is 0 Å². The first-order chi connectivity index (χ1) is 15.6. The minimum Gasteiger partial charge on any atom is -0.507 e. The molecule has 0 fully saturated rings. The second-order valence-electron chi connectivity index (χ2n) is 6.73. The van der Waals surface area contributed by atoms with Gasteiger partial charge in [-0.3, -0.25) is 24.7 Å². The van der Waals surface area contributed by atoms with E-state index >= 15 is 0 Å². The van der Waals surface area contributed by atoms with Crippen molar-refractivity contribution >= 4 is 29.5 Å². The number of carbonyl (C=O) groups excluding carboxylic acids is 1. The number of aliphatic hydroxyl groups excluding tert-OH is 2. The molecule has 0 spiro atoms. The molecule has 32 heavy (non-hydrogen) atoms. The van der Waals surface area contributed by atoms with Gasteiger partial charge >= 0.3 is 0 Å². The largest absolute Gasteiger partial charge is 0.507 e. The number of carbonyl (C=O) groups is 1. The summed E-state index contributed by atoms with van der Waals surface area (Å²) in [7, 11) is 0. The first-order valence-corrected chi connectivity index (χ1v) is 9.70. The second kappa shape index (κ2) is 9.44. The summed E-state index contributed by atoms with van der Waals surface area (Å²) in [6.07, 6.45) is 12.2. The van der Waals surface area contributed by atoms with Crippen molar-refractivity contribution in [3.8, 4) is 0 Å². The molecule has 0 amide bonds. The van der Waals surface area contributed by atoms with Gasteiger partial charge in [-0.15, -0.1) is 0 Å². The highest BCUT2D eigenvalue weighted by atomic mass is 16.3. The van der Waals surface area contributed by atoms with Crippen molar-refractivity contribution in [1.82, 2.24) is 19.9 Å². The lowest BCUT2D eigenvalue weighted by Gasteiger charge is -2.08. The minimum atomic E-state index is -0.339. The average molecular weight is 422 g/mol. The highest BCUT2D eigenvalue weighted by Crippen LogP contribution is 2.22. The summed E-state index contributed by atoms with van der Waals surface area (Å²) < 4.78 is 0. The molecular weight excluding hydrogens is 404 g/mol. The summed E-state index contributed by atoms with van der Waals surface area (Å²) in [5, 5.41) is 20.9. The van der Waals surface area contributed by atoms with E-state index in [9.17, 15) is 15.0 Å². The molecule has 0 radical (unpaired) electrons. The summed E-state index contributed by atoms with van der Waals surface area (Å²) >= 11 is 0. The van der Waals surface area contributed by atoms with Gasteiger partial charge in [0.25, 0.3) is 0 Å². The summed E-state index contributed by atoms with van der Waals surface area (Å²) in [6.45, 7) is 0. The highest BCUT2D eigenvalue weighted by molar-refractivity contribution is 6.13. The van der Waals surface area contributed by atoms with Crippen LogP contribution in [0.4, 0.5) is 0 Å². The molecule has 0 aliphatic carbocycles. The van der Waals surface area contributed by atoms with Crippen LogP contribution in [0.1, 0.15) is 38.4 Å². The Hall–Kier alpha value is -4.65. The fourth-order valence-electron chi connectivity index (χ4n) is 3.07. The lowest BCUT2D eigenvalue weighted by molar-refractivity contribution is 0.103. The second-order valence-corrected chi connectivity index (χ2v) is 6.73. The van der Waals surface area contributed by atoms with Crippen molar-refractivity contribution in [3.05, 3.63) is 119 Å². The van der Waals surface area contributed by atoms with Crippen LogP contribution in [0.2, 0.25) is 0 Å². The van der Waals surface area contributed by atoms with Crippen molar-refractivity contribution < 1.29 is 15.0 Å². The molecule has 2 N–H and O–H groups in total. The van der Waals surface area contributed by atoms with Gasteiger partial charge in [0.2, 0.25) is 0 Å². The van der Waals surface area contributed by atoms with E-state index in [2.05, 4.69) is 19.9 Å². The molecule has 4 aromatic rings. The van der Waals surface area contributed by atoms with Crippen LogP contribution >= 0.6 is 0 Å². The van der Waals surface area contributed by atoms with E-state index in [1.54, 1.807) is 85.7 Å². The Balaban J connectivity index is 1.73.